The number of benzene rings is 3. The van der Waals surface area contributed by atoms with Crippen LogP contribution in [-0.2, 0) is 16.2 Å². The maximum Gasteiger partial charge on any atom is 0.295 e. The van der Waals surface area contributed by atoms with Crippen molar-refractivity contribution in [2.75, 3.05) is 39.9 Å². The molecular weight excluding hydrogens is 556 g/mol. The second-order valence-corrected chi connectivity index (χ2v) is 11.3. The third-order valence-electron chi connectivity index (χ3n) is 7.92. The van der Waals surface area contributed by atoms with E-state index in [1.54, 1.807) is 48.4 Å². The van der Waals surface area contributed by atoms with Crippen molar-refractivity contribution >= 4 is 17.4 Å². The average Bonchev–Trinajstić information content (AvgIpc) is 3.29. The number of ketones is 1. The summed E-state index contributed by atoms with van der Waals surface area (Å²) in [4.78, 5) is 30.8. The molecule has 1 aliphatic rings. The highest BCUT2D eigenvalue weighted by Crippen LogP contribution is 2.42. The van der Waals surface area contributed by atoms with Crippen molar-refractivity contribution in [3.63, 3.8) is 0 Å². The number of hydrogen-bond acceptors (Lipinski definition) is 7. The van der Waals surface area contributed by atoms with Gasteiger partial charge in [0, 0.05) is 18.7 Å². The molecule has 0 aromatic heterocycles. The Morgan fingerprint density at radius 2 is 1.64 bits per heavy atom. The number of aliphatic hydroxyl groups is 1. The first-order chi connectivity index (χ1) is 21.3. The Morgan fingerprint density at radius 3 is 2.27 bits per heavy atom. The topological polar surface area (TPSA) is 88.5 Å². The van der Waals surface area contributed by atoms with Crippen LogP contribution in [0.5, 0.6) is 17.2 Å². The van der Waals surface area contributed by atoms with E-state index in [2.05, 4.69) is 32.6 Å². The van der Waals surface area contributed by atoms with Gasteiger partial charge in [0.15, 0.2) is 11.5 Å². The molecule has 1 atom stereocenters. The number of Topliss-reactive ketones (excluding diaryl/α,β-unsaturated/α-hetero) is 1. The Labute approximate surface area is 260 Å². The first-order valence-electron chi connectivity index (χ1n) is 15.4. The Bertz CT molecular complexity index is 1430. The number of likely N-dealkylation sites (tertiary alicyclic amines) is 1. The quantitative estimate of drug-likeness (QED) is 0.122. The van der Waals surface area contributed by atoms with E-state index in [0.29, 0.717) is 60.6 Å². The zero-order valence-electron chi connectivity index (χ0n) is 26.4. The van der Waals surface area contributed by atoms with Crippen LogP contribution < -0.4 is 14.2 Å². The SMILES string of the molecule is CCN(CC)CCN1C(=O)C(=O)/C(=C(/O)c2ccc(OCc3ccccc3)cc2)C1c1ccc(OCCC(C)C)c(OC)c1. The molecule has 1 amide bonds. The lowest BCUT2D eigenvalue weighted by molar-refractivity contribution is -0.140. The predicted molar refractivity (Wildman–Crippen MR) is 172 cm³/mol. The molecule has 44 heavy (non-hydrogen) atoms. The molecule has 0 bridgehead atoms. The number of aliphatic hydroxyl groups excluding tert-OH is 1. The van der Waals surface area contributed by atoms with E-state index in [4.69, 9.17) is 14.2 Å². The van der Waals surface area contributed by atoms with Gasteiger partial charge in [-0.3, -0.25) is 9.59 Å². The van der Waals surface area contributed by atoms with Gasteiger partial charge in [0.2, 0.25) is 0 Å². The third kappa shape index (κ3) is 7.80. The Balaban J connectivity index is 1.68. The van der Waals surface area contributed by atoms with Crippen molar-refractivity contribution in [1.29, 1.82) is 0 Å². The molecule has 1 saturated heterocycles. The summed E-state index contributed by atoms with van der Waals surface area (Å²) in [5, 5.41) is 11.5. The summed E-state index contributed by atoms with van der Waals surface area (Å²) in [7, 11) is 1.56. The minimum atomic E-state index is -0.793. The number of carbonyl (C=O) groups is 2. The summed E-state index contributed by atoms with van der Waals surface area (Å²) in [5.41, 5.74) is 2.16. The number of methoxy groups -OCH3 is 1. The molecule has 1 N–H and O–H groups in total. The fourth-order valence-electron chi connectivity index (χ4n) is 5.23. The minimum absolute atomic E-state index is 0.0445. The van der Waals surface area contributed by atoms with Crippen LogP contribution in [0.3, 0.4) is 0 Å². The van der Waals surface area contributed by atoms with Gasteiger partial charge < -0.3 is 29.1 Å². The number of rotatable bonds is 15. The van der Waals surface area contributed by atoms with E-state index in [1.807, 2.05) is 36.4 Å². The normalized spacial score (nSPS) is 16.2. The summed E-state index contributed by atoms with van der Waals surface area (Å²) in [6.07, 6.45) is 0.895. The number of hydrogen-bond donors (Lipinski definition) is 1. The van der Waals surface area contributed by atoms with Crippen LogP contribution >= 0.6 is 0 Å². The van der Waals surface area contributed by atoms with E-state index < -0.39 is 17.7 Å². The van der Waals surface area contributed by atoms with Crippen LogP contribution in [0.1, 0.15) is 56.8 Å². The van der Waals surface area contributed by atoms with E-state index in [1.165, 1.54) is 0 Å². The highest BCUT2D eigenvalue weighted by atomic mass is 16.5. The number of likely N-dealkylation sites (N-methyl/N-ethyl adjacent to an activating group) is 1. The third-order valence-corrected chi connectivity index (χ3v) is 7.92. The maximum atomic E-state index is 13.5. The Morgan fingerprint density at radius 1 is 0.932 bits per heavy atom. The van der Waals surface area contributed by atoms with Gasteiger partial charge in [-0.2, -0.15) is 0 Å². The van der Waals surface area contributed by atoms with Crippen molar-refractivity contribution in [3.8, 4) is 17.2 Å². The molecule has 3 aromatic rings. The molecule has 1 aliphatic heterocycles. The van der Waals surface area contributed by atoms with Gasteiger partial charge in [0.25, 0.3) is 11.7 Å². The van der Waals surface area contributed by atoms with Gasteiger partial charge in [0.05, 0.1) is 25.3 Å². The monoisotopic (exact) mass is 600 g/mol. The van der Waals surface area contributed by atoms with Gasteiger partial charge >= 0.3 is 0 Å². The van der Waals surface area contributed by atoms with Crippen LogP contribution in [0.15, 0.2) is 78.4 Å². The van der Waals surface area contributed by atoms with Crippen LogP contribution in [-0.4, -0.2) is 66.5 Å². The van der Waals surface area contributed by atoms with Crippen molar-refractivity contribution in [3.05, 3.63) is 95.1 Å². The van der Waals surface area contributed by atoms with Crippen molar-refractivity contribution in [2.24, 2.45) is 5.92 Å². The molecule has 0 saturated carbocycles. The molecule has 4 rings (SSSR count). The summed E-state index contributed by atoms with van der Waals surface area (Å²) < 4.78 is 17.5. The maximum absolute atomic E-state index is 13.5. The van der Waals surface area contributed by atoms with E-state index in [9.17, 15) is 14.7 Å². The van der Waals surface area contributed by atoms with E-state index >= 15 is 0 Å². The number of carbonyl (C=O) groups excluding carboxylic acids is 2. The first-order valence-corrected chi connectivity index (χ1v) is 15.4. The van der Waals surface area contributed by atoms with E-state index in [-0.39, 0.29) is 11.3 Å². The van der Waals surface area contributed by atoms with Crippen LogP contribution in [0.4, 0.5) is 0 Å². The molecule has 0 aliphatic carbocycles. The minimum Gasteiger partial charge on any atom is -0.507 e. The molecule has 8 heteroatoms. The van der Waals surface area contributed by atoms with Crippen molar-refractivity contribution in [2.45, 2.75) is 46.8 Å². The smallest absolute Gasteiger partial charge is 0.295 e. The van der Waals surface area contributed by atoms with Crippen LogP contribution in [0.25, 0.3) is 5.76 Å². The van der Waals surface area contributed by atoms with Crippen molar-refractivity contribution in [1.82, 2.24) is 9.80 Å². The van der Waals surface area contributed by atoms with Gasteiger partial charge in [-0.15, -0.1) is 0 Å². The zero-order valence-corrected chi connectivity index (χ0v) is 26.4. The fraction of sp³-hybridized carbons (Fsp3) is 0.389. The van der Waals surface area contributed by atoms with Crippen molar-refractivity contribution < 1.29 is 28.9 Å². The molecule has 8 nitrogen and oxygen atoms in total. The summed E-state index contributed by atoms with van der Waals surface area (Å²) in [6.45, 7) is 11.9. The lowest BCUT2D eigenvalue weighted by atomic mass is 9.95. The van der Waals surface area contributed by atoms with Gasteiger partial charge in [-0.1, -0.05) is 64.1 Å². The van der Waals surface area contributed by atoms with Gasteiger partial charge in [0.1, 0.15) is 18.1 Å². The molecule has 1 fully saturated rings. The van der Waals surface area contributed by atoms with Crippen LogP contribution in [0, 0.1) is 5.92 Å². The summed E-state index contributed by atoms with van der Waals surface area (Å²) in [5.74, 6) is 0.623. The molecule has 1 unspecified atom stereocenters. The predicted octanol–water partition coefficient (Wildman–Crippen LogP) is 6.46. The lowest BCUT2D eigenvalue weighted by Gasteiger charge is -2.28. The average molecular weight is 601 g/mol. The first kappa shape index (κ1) is 32.6. The molecule has 0 spiro atoms. The lowest BCUT2D eigenvalue weighted by Crippen LogP contribution is -2.38. The fourth-order valence-corrected chi connectivity index (χ4v) is 5.23. The second-order valence-electron chi connectivity index (χ2n) is 11.3. The molecule has 1 heterocycles. The zero-order chi connectivity index (χ0) is 31.6. The second kappa shape index (κ2) is 15.4. The molecule has 0 radical (unpaired) electrons. The number of nitrogens with zero attached hydrogens (tertiary/aromatic N) is 2. The summed E-state index contributed by atoms with van der Waals surface area (Å²) in [6, 6.07) is 21.4. The van der Waals surface area contributed by atoms with E-state index in [0.717, 1.165) is 25.1 Å². The number of amides is 1. The Kier molecular flexibility index (Phi) is 11.4. The highest BCUT2D eigenvalue weighted by Gasteiger charge is 2.46. The van der Waals surface area contributed by atoms with Gasteiger partial charge in [-0.25, -0.2) is 0 Å². The number of ether oxygens (including phenoxy) is 3. The Hall–Kier alpha value is -4.30. The summed E-state index contributed by atoms with van der Waals surface area (Å²) >= 11 is 0. The molecule has 3 aromatic carbocycles. The highest BCUT2D eigenvalue weighted by molar-refractivity contribution is 6.46. The van der Waals surface area contributed by atoms with Crippen LogP contribution in [0.2, 0.25) is 0 Å². The largest absolute Gasteiger partial charge is 0.507 e. The van der Waals surface area contributed by atoms with Gasteiger partial charge in [-0.05, 0) is 73.0 Å². The standard InChI is InChI=1S/C36H44N2O6/c1-6-37(7-2)20-21-38-33(28-15-18-30(31(23-28)42-5)43-22-19-25(3)4)32(35(40)36(38)41)34(39)27-13-16-29(17-14-27)44-24-26-11-9-8-10-12-26/h8-18,23,25,33,39H,6-7,19-22,24H2,1-5H3/b34-32+. The molecular formula is C36H44N2O6. The molecule has 234 valence electrons.